The summed E-state index contributed by atoms with van der Waals surface area (Å²) in [7, 11) is 1.90. The molecule has 0 atom stereocenters. The van der Waals surface area contributed by atoms with E-state index in [4.69, 9.17) is 0 Å². The molecule has 0 spiro atoms. The third-order valence-electron chi connectivity index (χ3n) is 3.53. The number of halogens is 3. The highest BCUT2D eigenvalue weighted by Gasteiger charge is 2.19. The van der Waals surface area contributed by atoms with E-state index >= 15 is 0 Å². The first-order valence-electron chi connectivity index (χ1n) is 6.72. The zero-order valence-corrected chi connectivity index (χ0v) is 12.7. The van der Waals surface area contributed by atoms with Gasteiger partial charge in [0.1, 0.15) is 0 Å². The number of likely N-dealkylation sites (N-methyl/N-ethyl adjacent to an activating group) is 1. The minimum Gasteiger partial charge on any atom is -0.325 e. The van der Waals surface area contributed by atoms with Crippen molar-refractivity contribution in [2.75, 3.05) is 32.0 Å². The van der Waals surface area contributed by atoms with E-state index in [0.29, 0.717) is 6.04 Å². The number of nitrogens with zero attached hydrogens (tertiary/aromatic N) is 1. The lowest BCUT2D eigenvalue weighted by Gasteiger charge is -2.31. The summed E-state index contributed by atoms with van der Waals surface area (Å²) in [4.78, 5) is 13.9. The highest BCUT2D eigenvalue weighted by molar-refractivity contribution is 5.92. The van der Waals surface area contributed by atoms with E-state index in [1.54, 1.807) is 0 Å². The summed E-state index contributed by atoms with van der Waals surface area (Å²) in [5.74, 6) is -2.11. The van der Waals surface area contributed by atoms with E-state index in [2.05, 4.69) is 10.6 Å². The second-order valence-electron chi connectivity index (χ2n) is 5.07. The molecular formula is C14H20ClF2N3O. The van der Waals surface area contributed by atoms with E-state index in [1.807, 2.05) is 11.9 Å². The number of anilines is 1. The average Bonchev–Trinajstić information content (AvgIpc) is 2.44. The zero-order valence-electron chi connectivity index (χ0n) is 11.9. The molecule has 1 heterocycles. The van der Waals surface area contributed by atoms with Crippen LogP contribution >= 0.6 is 12.4 Å². The molecule has 1 aliphatic rings. The summed E-state index contributed by atoms with van der Waals surface area (Å²) in [5, 5.41) is 5.85. The Balaban J connectivity index is 0.00000220. The van der Waals surface area contributed by atoms with Crippen LogP contribution in [0.4, 0.5) is 14.5 Å². The van der Waals surface area contributed by atoms with Gasteiger partial charge in [0.05, 0.1) is 6.54 Å². The van der Waals surface area contributed by atoms with Crippen molar-refractivity contribution >= 4 is 24.0 Å². The monoisotopic (exact) mass is 319 g/mol. The van der Waals surface area contributed by atoms with Crippen molar-refractivity contribution in [1.82, 2.24) is 10.2 Å². The van der Waals surface area contributed by atoms with Crippen LogP contribution in [0, 0.1) is 11.6 Å². The van der Waals surface area contributed by atoms with Gasteiger partial charge in [-0.2, -0.15) is 0 Å². The Labute approximate surface area is 129 Å². The molecule has 0 bridgehead atoms. The second-order valence-corrected chi connectivity index (χ2v) is 5.07. The first kappa shape index (κ1) is 17.8. The van der Waals surface area contributed by atoms with Gasteiger partial charge in [-0.05, 0) is 45.1 Å². The highest BCUT2D eigenvalue weighted by Crippen LogP contribution is 2.14. The summed E-state index contributed by atoms with van der Waals surface area (Å²) < 4.78 is 25.8. The van der Waals surface area contributed by atoms with Gasteiger partial charge >= 0.3 is 0 Å². The molecule has 1 aliphatic heterocycles. The Bertz CT molecular complexity index is 481. The van der Waals surface area contributed by atoms with Crippen LogP contribution in [-0.2, 0) is 4.79 Å². The number of hydrogen-bond acceptors (Lipinski definition) is 3. The number of carbonyl (C=O) groups is 1. The molecule has 2 rings (SSSR count). The van der Waals surface area contributed by atoms with E-state index in [9.17, 15) is 13.6 Å². The number of hydrogen-bond donors (Lipinski definition) is 2. The van der Waals surface area contributed by atoms with Crippen molar-refractivity contribution in [2.24, 2.45) is 0 Å². The maximum Gasteiger partial charge on any atom is 0.238 e. The van der Waals surface area contributed by atoms with Crippen molar-refractivity contribution in [3.63, 3.8) is 0 Å². The van der Waals surface area contributed by atoms with E-state index < -0.39 is 11.6 Å². The van der Waals surface area contributed by atoms with Gasteiger partial charge < -0.3 is 10.6 Å². The predicted octanol–water partition coefficient (Wildman–Crippen LogP) is 2.01. The Kier molecular flexibility index (Phi) is 7.01. The SMILES string of the molecule is CN(CC(=O)Nc1ccc(F)c(F)c1)C1CCNCC1.Cl. The Morgan fingerprint density at radius 1 is 1.33 bits per heavy atom. The Morgan fingerprint density at radius 3 is 2.62 bits per heavy atom. The fourth-order valence-electron chi connectivity index (χ4n) is 2.38. The summed E-state index contributed by atoms with van der Waals surface area (Å²) in [5.41, 5.74) is 0.271. The molecule has 0 aromatic heterocycles. The van der Waals surface area contributed by atoms with Crippen molar-refractivity contribution in [2.45, 2.75) is 18.9 Å². The first-order valence-corrected chi connectivity index (χ1v) is 6.72. The van der Waals surface area contributed by atoms with Crippen LogP contribution in [0.3, 0.4) is 0 Å². The van der Waals surface area contributed by atoms with Gasteiger partial charge in [-0.3, -0.25) is 9.69 Å². The van der Waals surface area contributed by atoms with Gasteiger partial charge in [-0.15, -0.1) is 12.4 Å². The Morgan fingerprint density at radius 2 is 2.00 bits per heavy atom. The minimum atomic E-state index is -0.963. The number of nitrogens with one attached hydrogen (secondary N) is 2. The van der Waals surface area contributed by atoms with Crippen molar-refractivity contribution in [3.8, 4) is 0 Å². The standard InChI is InChI=1S/C14H19F2N3O.ClH/c1-19(11-4-6-17-7-5-11)9-14(20)18-10-2-3-12(15)13(16)8-10;/h2-3,8,11,17H,4-7,9H2,1H3,(H,18,20);1H. The molecule has 118 valence electrons. The smallest absolute Gasteiger partial charge is 0.238 e. The van der Waals surface area contributed by atoms with Crippen molar-refractivity contribution < 1.29 is 13.6 Å². The summed E-state index contributed by atoms with van der Waals surface area (Å²) in [6, 6.07) is 3.71. The number of rotatable bonds is 4. The molecule has 1 amide bonds. The average molecular weight is 320 g/mol. The lowest BCUT2D eigenvalue weighted by atomic mass is 10.1. The van der Waals surface area contributed by atoms with Gasteiger partial charge in [0.15, 0.2) is 11.6 Å². The van der Waals surface area contributed by atoms with Crippen LogP contribution in [0.5, 0.6) is 0 Å². The van der Waals surface area contributed by atoms with E-state index in [1.165, 1.54) is 6.07 Å². The van der Waals surface area contributed by atoms with Crippen LogP contribution < -0.4 is 10.6 Å². The molecule has 1 aromatic carbocycles. The minimum absolute atomic E-state index is 0. The maximum absolute atomic E-state index is 13.0. The molecule has 21 heavy (non-hydrogen) atoms. The van der Waals surface area contributed by atoms with Crippen molar-refractivity contribution in [1.29, 1.82) is 0 Å². The zero-order chi connectivity index (χ0) is 14.5. The van der Waals surface area contributed by atoms with Gasteiger partial charge in [0, 0.05) is 17.8 Å². The van der Waals surface area contributed by atoms with Gasteiger partial charge in [0.25, 0.3) is 0 Å². The quantitative estimate of drug-likeness (QED) is 0.892. The maximum atomic E-state index is 13.0. The van der Waals surface area contributed by atoms with Crippen LogP contribution in [-0.4, -0.2) is 43.5 Å². The summed E-state index contributed by atoms with van der Waals surface area (Å²) >= 11 is 0. The summed E-state index contributed by atoms with van der Waals surface area (Å²) in [6.45, 7) is 2.16. The molecule has 7 heteroatoms. The molecule has 0 unspecified atom stereocenters. The highest BCUT2D eigenvalue weighted by atomic mass is 35.5. The molecule has 4 nitrogen and oxygen atoms in total. The fourth-order valence-corrected chi connectivity index (χ4v) is 2.38. The number of benzene rings is 1. The molecule has 1 fully saturated rings. The fraction of sp³-hybridized carbons (Fsp3) is 0.500. The number of amides is 1. The van der Waals surface area contributed by atoms with E-state index in [-0.39, 0.29) is 30.5 Å². The lowest BCUT2D eigenvalue weighted by Crippen LogP contribution is -2.44. The lowest BCUT2D eigenvalue weighted by molar-refractivity contribution is -0.117. The largest absolute Gasteiger partial charge is 0.325 e. The van der Waals surface area contributed by atoms with Crippen LogP contribution in [0.15, 0.2) is 18.2 Å². The van der Waals surface area contributed by atoms with Gasteiger partial charge in [0.2, 0.25) is 5.91 Å². The van der Waals surface area contributed by atoms with Gasteiger partial charge in [-0.25, -0.2) is 8.78 Å². The van der Waals surface area contributed by atoms with Crippen LogP contribution in [0.2, 0.25) is 0 Å². The normalized spacial score (nSPS) is 15.6. The molecule has 0 saturated carbocycles. The topological polar surface area (TPSA) is 44.4 Å². The Hall–Kier alpha value is -1.24. The summed E-state index contributed by atoms with van der Waals surface area (Å²) in [6.07, 6.45) is 2.02. The molecule has 1 aromatic rings. The number of piperidine rings is 1. The number of carbonyl (C=O) groups excluding carboxylic acids is 1. The van der Waals surface area contributed by atoms with Crippen LogP contribution in [0.25, 0.3) is 0 Å². The predicted molar refractivity (Wildman–Crippen MR) is 80.8 cm³/mol. The third kappa shape index (κ3) is 5.22. The molecular weight excluding hydrogens is 300 g/mol. The third-order valence-corrected chi connectivity index (χ3v) is 3.53. The molecule has 0 aliphatic carbocycles. The van der Waals surface area contributed by atoms with Crippen LogP contribution in [0.1, 0.15) is 12.8 Å². The molecule has 1 saturated heterocycles. The van der Waals surface area contributed by atoms with Gasteiger partial charge in [-0.1, -0.05) is 0 Å². The van der Waals surface area contributed by atoms with E-state index in [0.717, 1.165) is 38.1 Å². The molecule has 2 N–H and O–H groups in total. The first-order chi connectivity index (χ1) is 9.56. The van der Waals surface area contributed by atoms with Crippen molar-refractivity contribution in [3.05, 3.63) is 29.8 Å². The second kappa shape index (κ2) is 8.26. The molecule has 0 radical (unpaired) electrons.